The first-order valence-corrected chi connectivity index (χ1v) is 8.49. The van der Waals surface area contributed by atoms with Crippen LogP contribution in [-0.2, 0) is 16.0 Å². The maximum Gasteiger partial charge on any atom is 0.193 e. The van der Waals surface area contributed by atoms with Crippen LogP contribution in [0.5, 0.6) is 5.75 Å². The van der Waals surface area contributed by atoms with E-state index in [4.69, 9.17) is 14.3 Å². The SMILES string of the molecule is CC(=O)Cc1cc(=O)c2c(C)cc(O)c([C@@H]3OCC(O)CC3O)c2o1.CO. The van der Waals surface area contributed by atoms with E-state index in [1.54, 1.807) is 6.92 Å². The number of benzene rings is 1. The molecule has 0 radical (unpaired) electrons. The van der Waals surface area contributed by atoms with E-state index in [9.17, 15) is 24.9 Å². The lowest BCUT2D eigenvalue weighted by molar-refractivity contribution is -0.125. The predicted molar refractivity (Wildman–Crippen MR) is 96.7 cm³/mol. The normalized spacial score (nSPS) is 22.2. The highest BCUT2D eigenvalue weighted by Crippen LogP contribution is 2.39. The Labute approximate surface area is 155 Å². The molecule has 2 heterocycles. The van der Waals surface area contributed by atoms with E-state index in [1.807, 2.05) is 0 Å². The van der Waals surface area contributed by atoms with Crippen LogP contribution in [0.1, 0.15) is 36.3 Å². The summed E-state index contributed by atoms with van der Waals surface area (Å²) in [6.45, 7) is 3.04. The second-order valence-corrected chi connectivity index (χ2v) is 6.50. The number of hydrogen-bond acceptors (Lipinski definition) is 8. The summed E-state index contributed by atoms with van der Waals surface area (Å²) in [5, 5.41) is 37.5. The summed E-state index contributed by atoms with van der Waals surface area (Å²) in [4.78, 5) is 23.9. The number of aliphatic hydroxyl groups excluding tert-OH is 3. The summed E-state index contributed by atoms with van der Waals surface area (Å²) in [7, 11) is 1.00. The maximum absolute atomic E-state index is 12.5. The molecule has 0 aliphatic carbocycles. The Balaban J connectivity index is 0.00000126. The minimum atomic E-state index is -1.07. The molecule has 8 heteroatoms. The number of aryl methyl sites for hydroxylation is 1. The fraction of sp³-hybridized carbons (Fsp3) is 0.474. The number of Topliss-reactive ketones (excluding diaryl/α,β-unsaturated/α-hetero) is 1. The van der Waals surface area contributed by atoms with E-state index in [-0.39, 0.29) is 58.7 Å². The molecule has 27 heavy (non-hydrogen) atoms. The Bertz CT molecular complexity index is 885. The number of aliphatic hydroxyl groups is 3. The molecule has 0 amide bonds. The number of carbonyl (C=O) groups excluding carboxylic acids is 1. The van der Waals surface area contributed by atoms with Crippen LogP contribution in [0.2, 0.25) is 0 Å². The van der Waals surface area contributed by atoms with Crippen molar-refractivity contribution in [2.24, 2.45) is 0 Å². The number of hydrogen-bond donors (Lipinski definition) is 4. The first-order valence-electron chi connectivity index (χ1n) is 8.49. The van der Waals surface area contributed by atoms with Crippen molar-refractivity contribution >= 4 is 16.8 Å². The van der Waals surface area contributed by atoms with Gasteiger partial charge in [-0.1, -0.05) is 0 Å². The zero-order valence-electron chi connectivity index (χ0n) is 15.4. The summed E-state index contributed by atoms with van der Waals surface area (Å²) in [5.74, 6) is -0.159. The molecule has 148 valence electrons. The molecule has 2 aromatic rings. The van der Waals surface area contributed by atoms with E-state index in [0.29, 0.717) is 5.56 Å². The topological polar surface area (TPSA) is 137 Å². The van der Waals surface area contributed by atoms with Gasteiger partial charge in [-0.25, -0.2) is 0 Å². The van der Waals surface area contributed by atoms with Crippen molar-refractivity contribution in [1.29, 1.82) is 0 Å². The van der Waals surface area contributed by atoms with Gasteiger partial charge in [-0.05, 0) is 25.5 Å². The number of rotatable bonds is 3. The Kier molecular flexibility index (Phi) is 6.72. The molecule has 1 aliphatic heterocycles. The van der Waals surface area contributed by atoms with Gasteiger partial charge in [0.05, 0.1) is 36.2 Å². The third-order valence-electron chi connectivity index (χ3n) is 4.31. The number of ether oxygens (including phenoxy) is 1. The van der Waals surface area contributed by atoms with E-state index >= 15 is 0 Å². The zero-order chi connectivity index (χ0) is 20.3. The molecule has 0 bridgehead atoms. The summed E-state index contributed by atoms with van der Waals surface area (Å²) in [6.07, 6.45) is -2.78. The highest BCUT2D eigenvalue weighted by atomic mass is 16.5. The lowest BCUT2D eigenvalue weighted by Gasteiger charge is -2.32. The Morgan fingerprint density at radius 2 is 1.93 bits per heavy atom. The largest absolute Gasteiger partial charge is 0.507 e. The van der Waals surface area contributed by atoms with E-state index in [0.717, 1.165) is 7.11 Å². The molecule has 1 aromatic heterocycles. The number of phenols is 1. The summed E-state index contributed by atoms with van der Waals surface area (Å²) < 4.78 is 11.2. The lowest BCUT2D eigenvalue weighted by atomic mass is 9.93. The number of carbonyl (C=O) groups is 1. The van der Waals surface area contributed by atoms with Crippen LogP contribution in [0.25, 0.3) is 11.0 Å². The summed E-state index contributed by atoms with van der Waals surface area (Å²) >= 11 is 0. The highest BCUT2D eigenvalue weighted by Gasteiger charge is 2.34. The third kappa shape index (κ3) is 4.36. The Morgan fingerprint density at radius 3 is 2.52 bits per heavy atom. The van der Waals surface area contributed by atoms with Crippen LogP contribution >= 0.6 is 0 Å². The summed E-state index contributed by atoms with van der Waals surface area (Å²) in [5.41, 5.74) is 0.440. The van der Waals surface area contributed by atoms with Crippen molar-refractivity contribution in [1.82, 2.24) is 0 Å². The standard InChI is InChI=1S/C18H20O7.CH4O/c1-8-3-12(21)16(17-14(23)5-10(20)7-24-17)18-15(8)13(22)6-11(25-18)4-9(2)19;1-2/h3,6,10,14,17,20-21,23H,4-5,7H2,1-2H3;2H,1H3/t10?,14?,17-;/m1./s1. The molecule has 4 N–H and O–H groups in total. The molecule has 3 atom stereocenters. The van der Waals surface area contributed by atoms with Crippen molar-refractivity contribution in [3.05, 3.63) is 39.2 Å². The average Bonchev–Trinajstić information content (AvgIpc) is 2.57. The van der Waals surface area contributed by atoms with Crippen LogP contribution < -0.4 is 5.43 Å². The summed E-state index contributed by atoms with van der Waals surface area (Å²) in [6, 6.07) is 2.68. The number of aromatic hydroxyl groups is 1. The van der Waals surface area contributed by atoms with Crippen LogP contribution in [0.3, 0.4) is 0 Å². The fourth-order valence-corrected chi connectivity index (χ4v) is 3.26. The van der Waals surface area contributed by atoms with E-state index < -0.39 is 18.3 Å². The molecule has 3 rings (SSSR count). The number of ketones is 1. The highest BCUT2D eigenvalue weighted by molar-refractivity contribution is 5.86. The first kappa shape index (κ1) is 21.0. The smallest absolute Gasteiger partial charge is 0.193 e. The number of fused-ring (bicyclic) bond motifs is 1. The van der Waals surface area contributed by atoms with E-state index in [1.165, 1.54) is 19.1 Å². The minimum Gasteiger partial charge on any atom is -0.507 e. The molecule has 1 saturated heterocycles. The van der Waals surface area contributed by atoms with Gasteiger partial charge in [0.2, 0.25) is 0 Å². The Morgan fingerprint density at radius 1 is 1.26 bits per heavy atom. The maximum atomic E-state index is 12.5. The minimum absolute atomic E-state index is 0.00605. The van der Waals surface area contributed by atoms with Crippen molar-refractivity contribution in [2.45, 2.75) is 45.0 Å². The third-order valence-corrected chi connectivity index (χ3v) is 4.31. The molecule has 1 aliphatic rings. The molecule has 2 unspecified atom stereocenters. The second-order valence-electron chi connectivity index (χ2n) is 6.50. The molecule has 0 spiro atoms. The van der Waals surface area contributed by atoms with Crippen molar-refractivity contribution < 1.29 is 34.4 Å². The van der Waals surface area contributed by atoms with Gasteiger partial charge in [0.25, 0.3) is 0 Å². The molecule has 8 nitrogen and oxygen atoms in total. The van der Waals surface area contributed by atoms with Gasteiger partial charge in [-0.15, -0.1) is 0 Å². The van der Waals surface area contributed by atoms with Crippen molar-refractivity contribution in [3.8, 4) is 5.75 Å². The van der Waals surface area contributed by atoms with Gasteiger partial charge >= 0.3 is 0 Å². The van der Waals surface area contributed by atoms with Gasteiger partial charge in [-0.3, -0.25) is 9.59 Å². The lowest BCUT2D eigenvalue weighted by Crippen LogP contribution is -2.35. The van der Waals surface area contributed by atoms with Crippen molar-refractivity contribution in [2.75, 3.05) is 13.7 Å². The van der Waals surface area contributed by atoms with Gasteiger partial charge in [-0.2, -0.15) is 0 Å². The zero-order valence-corrected chi connectivity index (χ0v) is 15.4. The van der Waals surface area contributed by atoms with Crippen LogP contribution in [-0.4, -0.2) is 52.1 Å². The first-order chi connectivity index (χ1) is 12.8. The molecule has 0 saturated carbocycles. The van der Waals surface area contributed by atoms with Gasteiger partial charge in [0, 0.05) is 19.6 Å². The van der Waals surface area contributed by atoms with Crippen LogP contribution in [0.15, 0.2) is 21.3 Å². The number of phenolic OH excluding ortho intramolecular Hbond substituents is 1. The van der Waals surface area contributed by atoms with Gasteiger partial charge < -0.3 is 29.6 Å². The van der Waals surface area contributed by atoms with Crippen LogP contribution in [0, 0.1) is 6.92 Å². The fourth-order valence-electron chi connectivity index (χ4n) is 3.26. The quantitative estimate of drug-likeness (QED) is 0.611. The molecular weight excluding hydrogens is 356 g/mol. The monoisotopic (exact) mass is 380 g/mol. The van der Waals surface area contributed by atoms with Crippen LogP contribution in [0.4, 0.5) is 0 Å². The second kappa shape index (κ2) is 8.62. The molecular formula is C19H24O8. The molecule has 1 aromatic carbocycles. The molecule has 1 fully saturated rings. The predicted octanol–water partition coefficient (Wildman–Crippen LogP) is 0.730. The van der Waals surface area contributed by atoms with E-state index in [2.05, 4.69) is 0 Å². The van der Waals surface area contributed by atoms with Gasteiger partial charge in [0.15, 0.2) is 5.43 Å². The Hall–Kier alpha value is -2.26. The average molecular weight is 380 g/mol. The van der Waals surface area contributed by atoms with Gasteiger partial charge in [0.1, 0.15) is 29.0 Å². The van der Waals surface area contributed by atoms with Crippen molar-refractivity contribution in [3.63, 3.8) is 0 Å².